The van der Waals surface area contributed by atoms with Crippen LogP contribution in [0, 0.1) is 11.3 Å². The molecule has 4 rings (SSSR count). The number of para-hydroxylation sites is 2. The van der Waals surface area contributed by atoms with Crippen LogP contribution in [-0.4, -0.2) is 16.7 Å². The highest BCUT2D eigenvalue weighted by atomic mass is 79.9. The monoisotopic (exact) mass is 473 g/mol. The summed E-state index contributed by atoms with van der Waals surface area (Å²) in [5.74, 6) is 1.28. The summed E-state index contributed by atoms with van der Waals surface area (Å²) in [7, 11) is 1.61. The molecule has 0 saturated heterocycles. The Hall–Kier alpha value is -3.56. The molecule has 5 nitrogen and oxygen atoms in total. The number of allylic oxidation sites excluding steroid dienone is 1. The highest BCUT2D eigenvalue weighted by molar-refractivity contribution is 9.10. The van der Waals surface area contributed by atoms with Crippen LogP contribution in [-0.2, 0) is 13.2 Å². The van der Waals surface area contributed by atoms with Crippen LogP contribution in [0.15, 0.2) is 83.1 Å². The molecule has 0 spiro atoms. The number of ether oxygens (including phenoxy) is 2. The zero-order chi connectivity index (χ0) is 21.6. The van der Waals surface area contributed by atoms with Gasteiger partial charge in [0.25, 0.3) is 0 Å². The number of rotatable bonds is 7. The maximum atomic E-state index is 9.66. The van der Waals surface area contributed by atoms with Crippen molar-refractivity contribution in [3.8, 4) is 17.6 Å². The first-order valence-corrected chi connectivity index (χ1v) is 10.5. The molecular formula is C25H20BrN3O2. The van der Waals surface area contributed by atoms with Gasteiger partial charge in [0.2, 0.25) is 0 Å². The van der Waals surface area contributed by atoms with Gasteiger partial charge in [0.1, 0.15) is 6.61 Å². The van der Waals surface area contributed by atoms with Crippen molar-refractivity contribution >= 4 is 33.0 Å². The molecule has 1 heterocycles. The minimum atomic E-state index is 0.440. The van der Waals surface area contributed by atoms with Crippen molar-refractivity contribution in [1.29, 1.82) is 5.26 Å². The fourth-order valence-corrected chi connectivity index (χ4v) is 3.53. The SMILES string of the molecule is COc1cc(/C=C(/C#N)Cn2cnc3ccccc32)ccc1OCc1ccc(Br)cc1. The van der Waals surface area contributed by atoms with E-state index >= 15 is 0 Å². The first-order valence-electron chi connectivity index (χ1n) is 9.72. The minimum absolute atomic E-state index is 0.440. The van der Waals surface area contributed by atoms with E-state index in [1.54, 1.807) is 13.4 Å². The Morgan fingerprint density at radius 1 is 1.10 bits per heavy atom. The van der Waals surface area contributed by atoms with Crippen LogP contribution < -0.4 is 9.47 Å². The molecule has 154 valence electrons. The largest absolute Gasteiger partial charge is 0.493 e. The van der Waals surface area contributed by atoms with E-state index in [0.717, 1.165) is 26.6 Å². The minimum Gasteiger partial charge on any atom is -0.493 e. The zero-order valence-corrected chi connectivity index (χ0v) is 18.5. The van der Waals surface area contributed by atoms with Crippen molar-refractivity contribution in [2.75, 3.05) is 7.11 Å². The summed E-state index contributed by atoms with van der Waals surface area (Å²) in [4.78, 5) is 4.39. The Morgan fingerprint density at radius 2 is 1.90 bits per heavy atom. The highest BCUT2D eigenvalue weighted by Gasteiger charge is 2.08. The van der Waals surface area contributed by atoms with Gasteiger partial charge >= 0.3 is 0 Å². The lowest BCUT2D eigenvalue weighted by Crippen LogP contribution is -1.99. The molecule has 0 saturated carbocycles. The van der Waals surface area contributed by atoms with Gasteiger partial charge in [0, 0.05) is 10.0 Å². The average molecular weight is 474 g/mol. The number of aromatic nitrogens is 2. The molecule has 31 heavy (non-hydrogen) atoms. The van der Waals surface area contributed by atoms with E-state index in [0.29, 0.717) is 30.2 Å². The van der Waals surface area contributed by atoms with Gasteiger partial charge in [-0.1, -0.05) is 46.3 Å². The molecule has 0 fully saturated rings. The summed E-state index contributed by atoms with van der Waals surface area (Å²) in [6.07, 6.45) is 3.62. The van der Waals surface area contributed by atoms with E-state index in [-0.39, 0.29) is 0 Å². The lowest BCUT2D eigenvalue weighted by Gasteiger charge is -2.12. The fourth-order valence-electron chi connectivity index (χ4n) is 3.27. The van der Waals surface area contributed by atoms with Crippen LogP contribution in [0.5, 0.6) is 11.5 Å². The Balaban J connectivity index is 1.52. The normalized spacial score (nSPS) is 11.3. The Kier molecular flexibility index (Phi) is 6.34. The van der Waals surface area contributed by atoms with Crippen LogP contribution >= 0.6 is 15.9 Å². The molecule has 0 amide bonds. The molecule has 0 aliphatic carbocycles. The molecule has 6 heteroatoms. The molecule has 0 atom stereocenters. The van der Waals surface area contributed by atoms with E-state index < -0.39 is 0 Å². The third kappa shape index (κ3) is 4.96. The van der Waals surface area contributed by atoms with Crippen molar-refractivity contribution in [2.45, 2.75) is 13.2 Å². The summed E-state index contributed by atoms with van der Waals surface area (Å²) >= 11 is 3.43. The van der Waals surface area contributed by atoms with Gasteiger partial charge in [-0.3, -0.25) is 0 Å². The topological polar surface area (TPSA) is 60.1 Å². The summed E-state index contributed by atoms with van der Waals surface area (Å²) in [6, 6.07) is 23.8. The van der Waals surface area contributed by atoms with E-state index in [1.807, 2.05) is 77.4 Å². The van der Waals surface area contributed by atoms with Crippen molar-refractivity contribution in [3.63, 3.8) is 0 Å². The predicted octanol–water partition coefficient (Wildman–Crippen LogP) is 5.99. The molecule has 0 aliphatic rings. The molecule has 3 aromatic carbocycles. The average Bonchev–Trinajstić information content (AvgIpc) is 3.21. The van der Waals surface area contributed by atoms with E-state index in [2.05, 4.69) is 27.0 Å². The maximum absolute atomic E-state index is 9.66. The number of hydrogen-bond donors (Lipinski definition) is 0. The summed E-state index contributed by atoms with van der Waals surface area (Å²) < 4.78 is 14.4. The summed E-state index contributed by atoms with van der Waals surface area (Å²) in [5.41, 5.74) is 4.46. The molecule has 1 aromatic heterocycles. The zero-order valence-electron chi connectivity index (χ0n) is 17.0. The Morgan fingerprint density at radius 3 is 2.68 bits per heavy atom. The lowest BCUT2D eigenvalue weighted by atomic mass is 10.1. The van der Waals surface area contributed by atoms with Gasteiger partial charge in [-0.15, -0.1) is 0 Å². The number of nitriles is 1. The number of hydrogen-bond acceptors (Lipinski definition) is 4. The molecule has 0 aliphatic heterocycles. The highest BCUT2D eigenvalue weighted by Crippen LogP contribution is 2.30. The van der Waals surface area contributed by atoms with Gasteiger partial charge in [-0.05, 0) is 53.6 Å². The number of nitrogens with zero attached hydrogens (tertiary/aromatic N) is 3. The van der Waals surface area contributed by atoms with Crippen molar-refractivity contribution in [2.24, 2.45) is 0 Å². The molecule has 0 bridgehead atoms. The number of benzene rings is 3. The van der Waals surface area contributed by atoms with E-state index in [4.69, 9.17) is 9.47 Å². The standard InChI is InChI=1S/C25H20BrN3O2/c1-30-25-13-19(8-11-24(25)31-16-18-6-9-21(26)10-7-18)12-20(14-27)15-29-17-28-22-4-2-3-5-23(22)29/h2-13,17H,15-16H2,1H3/b20-12-. The second kappa shape index (κ2) is 9.50. The smallest absolute Gasteiger partial charge is 0.161 e. The maximum Gasteiger partial charge on any atom is 0.161 e. The second-order valence-corrected chi connectivity index (χ2v) is 7.88. The van der Waals surface area contributed by atoms with Crippen LogP contribution in [0.25, 0.3) is 17.1 Å². The summed E-state index contributed by atoms with van der Waals surface area (Å²) in [6.45, 7) is 0.886. The van der Waals surface area contributed by atoms with Gasteiger partial charge < -0.3 is 14.0 Å². The first kappa shape index (κ1) is 20.7. The van der Waals surface area contributed by atoms with Crippen LogP contribution in [0.1, 0.15) is 11.1 Å². The Bertz CT molecular complexity index is 1270. The number of halogens is 1. The number of imidazole rings is 1. The van der Waals surface area contributed by atoms with Crippen LogP contribution in [0.3, 0.4) is 0 Å². The first-order chi connectivity index (χ1) is 15.2. The predicted molar refractivity (Wildman–Crippen MR) is 125 cm³/mol. The van der Waals surface area contributed by atoms with Gasteiger partial charge in [0.05, 0.1) is 37.1 Å². The lowest BCUT2D eigenvalue weighted by molar-refractivity contribution is 0.284. The van der Waals surface area contributed by atoms with Crippen LogP contribution in [0.4, 0.5) is 0 Å². The van der Waals surface area contributed by atoms with Gasteiger partial charge in [0.15, 0.2) is 11.5 Å². The fraction of sp³-hybridized carbons (Fsp3) is 0.120. The van der Waals surface area contributed by atoms with Gasteiger partial charge in [-0.2, -0.15) is 5.26 Å². The second-order valence-electron chi connectivity index (χ2n) is 6.97. The third-order valence-corrected chi connectivity index (χ3v) is 5.38. The van der Waals surface area contributed by atoms with Crippen LogP contribution in [0.2, 0.25) is 0 Å². The molecular weight excluding hydrogens is 454 g/mol. The number of fused-ring (bicyclic) bond motifs is 1. The van der Waals surface area contributed by atoms with Crippen molar-refractivity contribution in [1.82, 2.24) is 9.55 Å². The molecule has 0 unspecified atom stereocenters. The molecule has 0 N–H and O–H groups in total. The van der Waals surface area contributed by atoms with Crippen molar-refractivity contribution < 1.29 is 9.47 Å². The van der Waals surface area contributed by atoms with E-state index in [9.17, 15) is 5.26 Å². The molecule has 4 aromatic rings. The van der Waals surface area contributed by atoms with E-state index in [1.165, 1.54) is 0 Å². The summed E-state index contributed by atoms with van der Waals surface area (Å²) in [5, 5.41) is 9.66. The molecule has 0 radical (unpaired) electrons. The quantitative estimate of drug-likeness (QED) is 0.309. The number of methoxy groups -OCH3 is 1. The third-order valence-electron chi connectivity index (χ3n) is 4.85. The van der Waals surface area contributed by atoms with Crippen molar-refractivity contribution in [3.05, 3.63) is 94.2 Å². The Labute approximate surface area is 189 Å². The van der Waals surface area contributed by atoms with Gasteiger partial charge in [-0.25, -0.2) is 4.98 Å².